The van der Waals surface area contributed by atoms with Gasteiger partial charge in [0, 0.05) is 38.6 Å². The van der Waals surface area contributed by atoms with Crippen molar-refractivity contribution in [1.82, 2.24) is 9.80 Å². The minimum absolute atomic E-state index is 0.303. The van der Waals surface area contributed by atoms with Gasteiger partial charge < -0.3 is 4.90 Å². The number of hydrogen-bond donors (Lipinski definition) is 0. The van der Waals surface area contributed by atoms with Crippen LogP contribution in [0, 0.1) is 0 Å². The van der Waals surface area contributed by atoms with Crippen molar-refractivity contribution in [3.63, 3.8) is 0 Å². The summed E-state index contributed by atoms with van der Waals surface area (Å²) in [5.74, 6) is 0.303. The highest BCUT2D eigenvalue weighted by molar-refractivity contribution is 5.79. The van der Waals surface area contributed by atoms with E-state index >= 15 is 0 Å². The minimum atomic E-state index is 0.303. The number of hydrogen-bond acceptors (Lipinski definition) is 2. The Morgan fingerprint density at radius 3 is 2.76 bits per heavy atom. The molecule has 0 N–H and O–H groups in total. The molecule has 2 fully saturated rings. The van der Waals surface area contributed by atoms with Crippen LogP contribution in [0.4, 0.5) is 0 Å². The van der Waals surface area contributed by atoms with Gasteiger partial charge in [0.2, 0.25) is 5.91 Å². The van der Waals surface area contributed by atoms with E-state index in [0.29, 0.717) is 24.4 Å². The van der Waals surface area contributed by atoms with Gasteiger partial charge in [-0.2, -0.15) is 0 Å². The van der Waals surface area contributed by atoms with E-state index in [-0.39, 0.29) is 0 Å². The Labute approximate surface area is 102 Å². The van der Waals surface area contributed by atoms with Crippen LogP contribution in [0.15, 0.2) is 30.3 Å². The van der Waals surface area contributed by atoms with E-state index in [9.17, 15) is 4.79 Å². The highest BCUT2D eigenvalue weighted by Crippen LogP contribution is 2.32. The molecule has 0 spiro atoms. The summed E-state index contributed by atoms with van der Waals surface area (Å²) in [6, 6.07) is 11.4. The molecule has 17 heavy (non-hydrogen) atoms. The smallest absolute Gasteiger partial charge is 0.224 e. The Morgan fingerprint density at radius 1 is 1.24 bits per heavy atom. The number of fused-ring (bicyclic) bond motifs is 1. The van der Waals surface area contributed by atoms with Crippen LogP contribution in [0.25, 0.3) is 0 Å². The van der Waals surface area contributed by atoms with Crippen LogP contribution in [-0.2, 0) is 11.3 Å². The van der Waals surface area contributed by atoms with Crippen molar-refractivity contribution in [2.45, 2.75) is 31.5 Å². The van der Waals surface area contributed by atoms with Crippen molar-refractivity contribution < 1.29 is 4.79 Å². The molecule has 1 aromatic carbocycles. The first-order chi connectivity index (χ1) is 8.25. The number of amides is 1. The normalized spacial score (nSPS) is 28.8. The zero-order chi connectivity index (χ0) is 11.8. The molecule has 2 aliphatic rings. The molecule has 0 bridgehead atoms. The van der Waals surface area contributed by atoms with Crippen molar-refractivity contribution in [1.29, 1.82) is 0 Å². The Kier molecular flexibility index (Phi) is 2.63. The topological polar surface area (TPSA) is 23.6 Å². The lowest BCUT2D eigenvalue weighted by molar-refractivity contribution is -0.127. The van der Waals surface area contributed by atoms with Crippen LogP contribution in [0.2, 0.25) is 0 Å². The second-order valence-corrected chi connectivity index (χ2v) is 5.09. The summed E-state index contributed by atoms with van der Waals surface area (Å²) in [7, 11) is 1.94. The molecule has 0 saturated carbocycles. The molecule has 0 aromatic heterocycles. The fraction of sp³-hybridized carbons (Fsp3) is 0.500. The van der Waals surface area contributed by atoms with Gasteiger partial charge in [0.05, 0.1) is 0 Å². The van der Waals surface area contributed by atoms with Gasteiger partial charge in [-0.05, 0) is 12.0 Å². The number of nitrogens with zero attached hydrogens (tertiary/aromatic N) is 2. The molecule has 2 atom stereocenters. The maximum atomic E-state index is 11.7. The number of benzene rings is 1. The van der Waals surface area contributed by atoms with Crippen LogP contribution in [0.1, 0.15) is 18.4 Å². The van der Waals surface area contributed by atoms with Crippen molar-refractivity contribution in [3.05, 3.63) is 35.9 Å². The maximum absolute atomic E-state index is 11.7. The Hall–Kier alpha value is -1.35. The van der Waals surface area contributed by atoms with E-state index in [1.54, 1.807) is 0 Å². The molecule has 0 unspecified atom stereocenters. The van der Waals surface area contributed by atoms with Gasteiger partial charge in [0.15, 0.2) is 0 Å². The summed E-state index contributed by atoms with van der Waals surface area (Å²) in [5.41, 5.74) is 1.34. The van der Waals surface area contributed by atoms with Gasteiger partial charge in [-0.3, -0.25) is 9.69 Å². The summed E-state index contributed by atoms with van der Waals surface area (Å²) in [4.78, 5) is 16.1. The Bertz CT molecular complexity index is 417. The van der Waals surface area contributed by atoms with E-state index in [4.69, 9.17) is 0 Å². The van der Waals surface area contributed by atoms with Gasteiger partial charge in [-0.25, -0.2) is 0 Å². The van der Waals surface area contributed by atoms with Crippen molar-refractivity contribution >= 4 is 5.91 Å². The van der Waals surface area contributed by atoms with Gasteiger partial charge in [-0.15, -0.1) is 0 Å². The average Bonchev–Trinajstić information content (AvgIpc) is 2.84. The minimum Gasteiger partial charge on any atom is -0.341 e. The lowest BCUT2D eigenvalue weighted by Gasteiger charge is -2.23. The molecule has 3 rings (SSSR count). The first-order valence-corrected chi connectivity index (χ1v) is 6.29. The van der Waals surface area contributed by atoms with Crippen LogP contribution < -0.4 is 0 Å². The molecule has 3 nitrogen and oxygen atoms in total. The predicted molar refractivity (Wildman–Crippen MR) is 66.4 cm³/mol. The van der Waals surface area contributed by atoms with Gasteiger partial charge in [0.1, 0.15) is 0 Å². The molecule has 2 heterocycles. The van der Waals surface area contributed by atoms with E-state index in [1.807, 2.05) is 18.0 Å². The number of carbonyl (C=O) groups is 1. The van der Waals surface area contributed by atoms with Crippen LogP contribution in [0.5, 0.6) is 0 Å². The molecular weight excluding hydrogens is 212 g/mol. The largest absolute Gasteiger partial charge is 0.341 e. The van der Waals surface area contributed by atoms with E-state index in [0.717, 1.165) is 19.5 Å². The molecule has 3 heteroatoms. The average molecular weight is 230 g/mol. The Morgan fingerprint density at radius 2 is 2.00 bits per heavy atom. The third-order valence-electron chi connectivity index (χ3n) is 4.13. The van der Waals surface area contributed by atoms with E-state index in [1.165, 1.54) is 5.56 Å². The van der Waals surface area contributed by atoms with Crippen LogP contribution in [-0.4, -0.2) is 41.4 Å². The summed E-state index contributed by atoms with van der Waals surface area (Å²) in [5, 5.41) is 0. The van der Waals surface area contributed by atoms with Crippen LogP contribution >= 0.6 is 0 Å². The van der Waals surface area contributed by atoms with Crippen molar-refractivity contribution in [2.24, 2.45) is 0 Å². The standard InChI is InChI=1S/C14H18N2O/c1-15-12-7-8-16(13(12)9-14(15)17)10-11-5-3-2-4-6-11/h2-6,12-13H,7-10H2,1H3/t12-,13-/m0/s1. The van der Waals surface area contributed by atoms with E-state index < -0.39 is 0 Å². The third kappa shape index (κ3) is 1.84. The number of carbonyl (C=O) groups excluding carboxylic acids is 1. The highest BCUT2D eigenvalue weighted by atomic mass is 16.2. The third-order valence-corrected chi connectivity index (χ3v) is 4.13. The molecular formula is C14H18N2O. The zero-order valence-electron chi connectivity index (χ0n) is 10.2. The first-order valence-electron chi connectivity index (χ1n) is 6.29. The highest BCUT2D eigenvalue weighted by Gasteiger charge is 2.44. The van der Waals surface area contributed by atoms with Crippen molar-refractivity contribution in [2.75, 3.05) is 13.6 Å². The number of rotatable bonds is 2. The van der Waals surface area contributed by atoms with E-state index in [2.05, 4.69) is 29.2 Å². The summed E-state index contributed by atoms with van der Waals surface area (Å²) >= 11 is 0. The quantitative estimate of drug-likeness (QED) is 0.768. The summed E-state index contributed by atoms with van der Waals surface area (Å²) in [6.07, 6.45) is 1.83. The molecule has 90 valence electrons. The second-order valence-electron chi connectivity index (χ2n) is 5.09. The monoisotopic (exact) mass is 230 g/mol. The van der Waals surface area contributed by atoms with Gasteiger partial charge in [-0.1, -0.05) is 30.3 Å². The fourth-order valence-electron chi connectivity index (χ4n) is 3.14. The SMILES string of the molecule is CN1C(=O)C[C@H]2[C@@H]1CCN2Cc1ccccc1. The number of likely N-dealkylation sites (N-methyl/N-ethyl adjacent to an activating group) is 1. The lowest BCUT2D eigenvalue weighted by atomic mass is 10.1. The molecule has 2 aliphatic heterocycles. The first kappa shape index (κ1) is 10.8. The lowest BCUT2D eigenvalue weighted by Crippen LogP contribution is -2.34. The molecule has 0 radical (unpaired) electrons. The Balaban J connectivity index is 1.72. The van der Waals surface area contributed by atoms with Gasteiger partial charge >= 0.3 is 0 Å². The zero-order valence-corrected chi connectivity index (χ0v) is 10.2. The maximum Gasteiger partial charge on any atom is 0.224 e. The van der Waals surface area contributed by atoms with Gasteiger partial charge in [0.25, 0.3) is 0 Å². The molecule has 2 saturated heterocycles. The number of likely N-dealkylation sites (tertiary alicyclic amines) is 2. The summed E-state index contributed by atoms with van der Waals surface area (Å²) in [6.45, 7) is 2.09. The molecule has 0 aliphatic carbocycles. The van der Waals surface area contributed by atoms with Crippen molar-refractivity contribution in [3.8, 4) is 0 Å². The second kappa shape index (κ2) is 4.15. The molecule has 1 amide bonds. The molecule has 1 aromatic rings. The fourth-order valence-corrected chi connectivity index (χ4v) is 3.14. The summed E-state index contributed by atoms with van der Waals surface area (Å²) < 4.78 is 0. The van der Waals surface area contributed by atoms with Crippen LogP contribution in [0.3, 0.4) is 0 Å². The predicted octanol–water partition coefficient (Wildman–Crippen LogP) is 1.49.